The van der Waals surface area contributed by atoms with Gasteiger partial charge in [-0.05, 0) is 44.1 Å². The Morgan fingerprint density at radius 1 is 1.19 bits per heavy atom. The average molecular weight is 390 g/mol. The van der Waals surface area contributed by atoms with Crippen LogP contribution in [0.3, 0.4) is 0 Å². The van der Waals surface area contributed by atoms with Gasteiger partial charge in [0.25, 0.3) is 0 Å². The van der Waals surface area contributed by atoms with E-state index in [4.69, 9.17) is 0 Å². The van der Waals surface area contributed by atoms with Crippen LogP contribution in [-0.2, 0) is 15.1 Å². The molecular weight excluding hydrogens is 366 g/mol. The Balaban J connectivity index is 0.00000210. The van der Waals surface area contributed by atoms with E-state index in [1.807, 2.05) is 42.6 Å². The molecule has 2 N–H and O–H groups in total. The van der Waals surface area contributed by atoms with Gasteiger partial charge in [-0.2, -0.15) is 5.10 Å². The molecule has 2 aromatic rings. The van der Waals surface area contributed by atoms with Crippen LogP contribution in [0.4, 0.5) is 5.69 Å². The lowest BCUT2D eigenvalue weighted by Crippen LogP contribution is -2.56. The lowest BCUT2D eigenvalue weighted by Gasteiger charge is -2.37. The van der Waals surface area contributed by atoms with Crippen molar-refractivity contribution in [2.45, 2.75) is 30.8 Å². The molecule has 2 saturated heterocycles. The summed E-state index contributed by atoms with van der Waals surface area (Å²) in [6.45, 7) is 2.04. The number of anilines is 1. The SMILES string of the molecule is Cl.O=C1CC(NC(=O)C2(n3cccn3)CCNCC2)CN1c1ccccc1. The lowest BCUT2D eigenvalue weighted by atomic mass is 9.87. The molecular formula is C19H24ClN5O2. The highest BCUT2D eigenvalue weighted by atomic mass is 35.5. The van der Waals surface area contributed by atoms with E-state index < -0.39 is 5.54 Å². The van der Waals surface area contributed by atoms with Crippen molar-refractivity contribution >= 4 is 29.9 Å². The van der Waals surface area contributed by atoms with Crippen molar-refractivity contribution in [1.82, 2.24) is 20.4 Å². The Morgan fingerprint density at radius 2 is 1.93 bits per heavy atom. The van der Waals surface area contributed by atoms with Gasteiger partial charge in [0.15, 0.2) is 0 Å². The van der Waals surface area contributed by atoms with Crippen LogP contribution < -0.4 is 15.5 Å². The highest BCUT2D eigenvalue weighted by Gasteiger charge is 2.44. The smallest absolute Gasteiger partial charge is 0.248 e. The number of piperidine rings is 1. The van der Waals surface area contributed by atoms with Gasteiger partial charge in [-0.1, -0.05) is 18.2 Å². The number of amides is 2. The third kappa shape index (κ3) is 3.70. The molecule has 1 unspecified atom stereocenters. The molecule has 1 atom stereocenters. The molecule has 144 valence electrons. The number of hydrogen-bond acceptors (Lipinski definition) is 4. The highest BCUT2D eigenvalue weighted by molar-refractivity contribution is 5.97. The molecule has 2 aliphatic heterocycles. The Morgan fingerprint density at radius 3 is 2.59 bits per heavy atom. The maximum atomic E-state index is 13.2. The third-order valence-corrected chi connectivity index (χ3v) is 5.32. The fourth-order valence-electron chi connectivity index (χ4n) is 3.90. The summed E-state index contributed by atoms with van der Waals surface area (Å²) in [7, 11) is 0. The van der Waals surface area contributed by atoms with Crippen LogP contribution in [0.25, 0.3) is 0 Å². The van der Waals surface area contributed by atoms with E-state index in [9.17, 15) is 9.59 Å². The van der Waals surface area contributed by atoms with Crippen LogP contribution >= 0.6 is 12.4 Å². The monoisotopic (exact) mass is 389 g/mol. The van der Waals surface area contributed by atoms with Crippen molar-refractivity contribution in [2.24, 2.45) is 0 Å². The number of para-hydroxylation sites is 1. The minimum atomic E-state index is -0.683. The Hall–Kier alpha value is -2.38. The summed E-state index contributed by atoms with van der Waals surface area (Å²) in [4.78, 5) is 27.3. The van der Waals surface area contributed by atoms with Crippen LogP contribution in [-0.4, -0.2) is 47.3 Å². The number of benzene rings is 1. The Labute approximate surface area is 164 Å². The first-order valence-corrected chi connectivity index (χ1v) is 9.06. The molecule has 3 heterocycles. The van der Waals surface area contributed by atoms with Gasteiger partial charge in [-0.3, -0.25) is 14.3 Å². The second-order valence-corrected chi connectivity index (χ2v) is 6.95. The molecule has 0 bridgehead atoms. The molecule has 1 aromatic heterocycles. The zero-order valence-corrected chi connectivity index (χ0v) is 15.8. The predicted molar refractivity (Wildman–Crippen MR) is 105 cm³/mol. The van der Waals surface area contributed by atoms with E-state index in [1.54, 1.807) is 15.8 Å². The Bertz CT molecular complexity index is 775. The fourth-order valence-corrected chi connectivity index (χ4v) is 3.90. The van der Waals surface area contributed by atoms with Gasteiger partial charge in [0, 0.05) is 31.0 Å². The number of nitrogens with one attached hydrogen (secondary N) is 2. The van der Waals surface area contributed by atoms with Crippen LogP contribution in [0.5, 0.6) is 0 Å². The minimum Gasteiger partial charge on any atom is -0.349 e. The Kier molecular flexibility index (Phi) is 5.82. The molecule has 2 amide bonds. The number of nitrogens with zero attached hydrogens (tertiary/aromatic N) is 3. The standard InChI is InChI=1S/C19H23N5O2.ClH/c25-17-13-15(14-23(17)16-5-2-1-3-6-16)22-18(26)19(7-10-20-11-8-19)24-12-4-9-21-24;/h1-6,9,12,15,20H,7-8,10-11,13-14H2,(H,22,26);1H. The molecule has 0 radical (unpaired) electrons. The number of rotatable bonds is 4. The molecule has 1 aromatic carbocycles. The highest BCUT2D eigenvalue weighted by Crippen LogP contribution is 2.28. The minimum absolute atomic E-state index is 0. The molecule has 27 heavy (non-hydrogen) atoms. The van der Waals surface area contributed by atoms with Crippen LogP contribution in [0.15, 0.2) is 48.8 Å². The van der Waals surface area contributed by atoms with Gasteiger partial charge in [0.05, 0.1) is 6.04 Å². The molecule has 0 saturated carbocycles. The first-order valence-electron chi connectivity index (χ1n) is 9.06. The van der Waals surface area contributed by atoms with Gasteiger partial charge in [0.1, 0.15) is 5.54 Å². The first kappa shape index (κ1) is 19.4. The number of aromatic nitrogens is 2. The summed E-state index contributed by atoms with van der Waals surface area (Å²) < 4.78 is 1.77. The van der Waals surface area contributed by atoms with E-state index in [2.05, 4.69) is 15.7 Å². The summed E-state index contributed by atoms with van der Waals surface area (Å²) in [6, 6.07) is 11.2. The fraction of sp³-hybridized carbons (Fsp3) is 0.421. The lowest BCUT2D eigenvalue weighted by molar-refractivity contribution is -0.132. The van der Waals surface area contributed by atoms with Gasteiger partial charge in [0.2, 0.25) is 11.8 Å². The van der Waals surface area contributed by atoms with Gasteiger partial charge >= 0.3 is 0 Å². The van der Waals surface area contributed by atoms with E-state index in [-0.39, 0.29) is 30.3 Å². The van der Waals surface area contributed by atoms with E-state index >= 15 is 0 Å². The first-order chi connectivity index (χ1) is 12.7. The molecule has 0 aliphatic carbocycles. The number of halogens is 1. The zero-order valence-electron chi connectivity index (χ0n) is 15.0. The average Bonchev–Trinajstić information content (AvgIpc) is 3.33. The van der Waals surface area contributed by atoms with Gasteiger partial charge < -0.3 is 15.5 Å². The molecule has 0 spiro atoms. The summed E-state index contributed by atoms with van der Waals surface area (Å²) in [5.41, 5.74) is 0.190. The largest absolute Gasteiger partial charge is 0.349 e. The van der Waals surface area contributed by atoms with Gasteiger partial charge in [-0.25, -0.2) is 0 Å². The van der Waals surface area contributed by atoms with E-state index in [0.717, 1.165) is 18.8 Å². The quantitative estimate of drug-likeness (QED) is 0.826. The predicted octanol–water partition coefficient (Wildman–Crippen LogP) is 1.31. The summed E-state index contributed by atoms with van der Waals surface area (Å²) >= 11 is 0. The topological polar surface area (TPSA) is 79.3 Å². The second kappa shape index (κ2) is 8.10. The molecule has 7 nitrogen and oxygen atoms in total. The normalized spacial score (nSPS) is 21.6. The van der Waals surface area contributed by atoms with Crippen molar-refractivity contribution in [1.29, 1.82) is 0 Å². The van der Waals surface area contributed by atoms with Crippen molar-refractivity contribution in [3.63, 3.8) is 0 Å². The van der Waals surface area contributed by atoms with Crippen molar-refractivity contribution in [3.8, 4) is 0 Å². The second-order valence-electron chi connectivity index (χ2n) is 6.95. The third-order valence-electron chi connectivity index (χ3n) is 5.32. The number of carbonyl (C=O) groups excluding carboxylic acids is 2. The molecule has 8 heteroatoms. The summed E-state index contributed by atoms with van der Waals surface area (Å²) in [6.07, 6.45) is 5.25. The van der Waals surface area contributed by atoms with Crippen LogP contribution in [0.2, 0.25) is 0 Å². The molecule has 2 aliphatic rings. The number of carbonyl (C=O) groups is 2. The maximum absolute atomic E-state index is 13.2. The molecule has 4 rings (SSSR count). The van der Waals surface area contributed by atoms with Crippen LogP contribution in [0, 0.1) is 0 Å². The van der Waals surface area contributed by atoms with Crippen molar-refractivity contribution in [3.05, 3.63) is 48.8 Å². The summed E-state index contributed by atoms with van der Waals surface area (Å²) in [5, 5.41) is 10.8. The van der Waals surface area contributed by atoms with Crippen LogP contribution in [0.1, 0.15) is 19.3 Å². The number of hydrogen-bond donors (Lipinski definition) is 2. The van der Waals surface area contributed by atoms with E-state index in [1.165, 1.54) is 0 Å². The maximum Gasteiger partial charge on any atom is 0.248 e. The zero-order chi connectivity index (χ0) is 18.0. The molecule has 2 fully saturated rings. The van der Waals surface area contributed by atoms with Gasteiger partial charge in [-0.15, -0.1) is 12.4 Å². The van der Waals surface area contributed by atoms with E-state index in [0.29, 0.717) is 25.8 Å². The summed E-state index contributed by atoms with van der Waals surface area (Å²) in [5.74, 6) is -0.00429. The van der Waals surface area contributed by atoms with Crippen molar-refractivity contribution < 1.29 is 9.59 Å². The van der Waals surface area contributed by atoms with Crippen molar-refractivity contribution in [2.75, 3.05) is 24.5 Å².